The number of hydrogen-bond donors (Lipinski definition) is 1. The van der Waals surface area contributed by atoms with Gasteiger partial charge >= 0.3 is 5.97 Å². The Hall–Kier alpha value is -0.570. The molecule has 14 heavy (non-hydrogen) atoms. The predicted molar refractivity (Wildman–Crippen MR) is 58.5 cm³/mol. The maximum Gasteiger partial charge on any atom is 0.317 e. The van der Waals surface area contributed by atoms with Crippen LogP contribution in [0, 0.1) is 0 Å². The molecular formula is C11H23NO2. The first kappa shape index (κ1) is 13.4. The molecular weight excluding hydrogens is 178 g/mol. The molecule has 1 N–H and O–H groups in total. The first-order valence-corrected chi connectivity index (χ1v) is 5.61. The summed E-state index contributed by atoms with van der Waals surface area (Å²) in [6, 6.07) is 0.520. The van der Waals surface area contributed by atoms with Crippen LogP contribution in [0.15, 0.2) is 0 Å². The van der Waals surface area contributed by atoms with Crippen LogP contribution in [0.1, 0.15) is 46.5 Å². The van der Waals surface area contributed by atoms with E-state index in [1.165, 1.54) is 12.8 Å². The third-order valence-electron chi connectivity index (χ3n) is 2.31. The Kier molecular flexibility index (Phi) is 7.48. The van der Waals surface area contributed by atoms with E-state index in [9.17, 15) is 4.79 Å². The topological polar surface area (TPSA) is 40.5 Å². The van der Waals surface area contributed by atoms with E-state index in [1.807, 2.05) is 0 Å². The van der Waals surface area contributed by atoms with Crippen LogP contribution in [0.25, 0.3) is 0 Å². The SMILES string of the molecule is CCC.CCC1CCCN1CC(=O)O. The van der Waals surface area contributed by atoms with Gasteiger partial charge in [0.2, 0.25) is 0 Å². The molecule has 0 aliphatic carbocycles. The van der Waals surface area contributed by atoms with Crippen molar-refractivity contribution in [1.82, 2.24) is 4.90 Å². The number of likely N-dealkylation sites (tertiary alicyclic amines) is 1. The van der Waals surface area contributed by atoms with Crippen molar-refractivity contribution >= 4 is 5.97 Å². The van der Waals surface area contributed by atoms with Crippen LogP contribution in [0.2, 0.25) is 0 Å². The fourth-order valence-electron chi connectivity index (χ4n) is 1.74. The van der Waals surface area contributed by atoms with Gasteiger partial charge in [-0.25, -0.2) is 0 Å². The number of carboxylic acids is 1. The van der Waals surface area contributed by atoms with E-state index in [0.29, 0.717) is 6.04 Å². The molecule has 0 bridgehead atoms. The molecule has 1 fully saturated rings. The summed E-state index contributed by atoms with van der Waals surface area (Å²) in [6.45, 7) is 7.55. The predicted octanol–water partition coefficient (Wildman–Crippen LogP) is 2.36. The van der Waals surface area contributed by atoms with Gasteiger partial charge in [0.05, 0.1) is 6.54 Å². The van der Waals surface area contributed by atoms with Gasteiger partial charge in [-0.2, -0.15) is 0 Å². The van der Waals surface area contributed by atoms with Gasteiger partial charge in [0.15, 0.2) is 0 Å². The monoisotopic (exact) mass is 201 g/mol. The van der Waals surface area contributed by atoms with Crippen molar-refractivity contribution in [2.75, 3.05) is 13.1 Å². The number of rotatable bonds is 3. The molecule has 1 atom stereocenters. The Balaban J connectivity index is 0.000000500. The van der Waals surface area contributed by atoms with Crippen LogP contribution in [-0.4, -0.2) is 35.1 Å². The van der Waals surface area contributed by atoms with Crippen LogP contribution in [0.5, 0.6) is 0 Å². The highest BCUT2D eigenvalue weighted by Gasteiger charge is 2.23. The molecule has 1 heterocycles. The molecule has 1 rings (SSSR count). The lowest BCUT2D eigenvalue weighted by Gasteiger charge is -2.20. The van der Waals surface area contributed by atoms with Crippen LogP contribution in [0.4, 0.5) is 0 Å². The highest BCUT2D eigenvalue weighted by Crippen LogP contribution is 2.18. The van der Waals surface area contributed by atoms with Crippen molar-refractivity contribution < 1.29 is 9.90 Å². The minimum absolute atomic E-state index is 0.221. The van der Waals surface area contributed by atoms with Gasteiger partial charge in [0, 0.05) is 6.04 Å². The summed E-state index contributed by atoms with van der Waals surface area (Å²) < 4.78 is 0. The maximum absolute atomic E-state index is 10.4. The van der Waals surface area contributed by atoms with Gasteiger partial charge in [-0.3, -0.25) is 9.69 Å². The zero-order chi connectivity index (χ0) is 11.0. The molecule has 0 radical (unpaired) electrons. The van der Waals surface area contributed by atoms with Gasteiger partial charge < -0.3 is 5.11 Å². The van der Waals surface area contributed by atoms with E-state index >= 15 is 0 Å². The second-order valence-electron chi connectivity index (χ2n) is 3.78. The Morgan fingerprint density at radius 2 is 2.00 bits per heavy atom. The molecule has 1 unspecified atom stereocenters. The summed E-state index contributed by atoms with van der Waals surface area (Å²) in [5.41, 5.74) is 0. The van der Waals surface area contributed by atoms with Crippen molar-refractivity contribution in [3.63, 3.8) is 0 Å². The van der Waals surface area contributed by atoms with E-state index in [-0.39, 0.29) is 6.54 Å². The molecule has 1 aliphatic heterocycles. The first-order chi connectivity index (χ1) is 6.65. The fraction of sp³-hybridized carbons (Fsp3) is 0.909. The van der Waals surface area contributed by atoms with E-state index in [0.717, 1.165) is 19.4 Å². The van der Waals surface area contributed by atoms with Gasteiger partial charge in [0.1, 0.15) is 0 Å². The average Bonchev–Trinajstić information content (AvgIpc) is 2.52. The highest BCUT2D eigenvalue weighted by atomic mass is 16.4. The molecule has 0 spiro atoms. The zero-order valence-electron chi connectivity index (χ0n) is 9.62. The quantitative estimate of drug-likeness (QED) is 0.762. The maximum atomic E-state index is 10.4. The van der Waals surface area contributed by atoms with E-state index in [2.05, 4.69) is 25.7 Å². The standard InChI is InChI=1S/C8H15NO2.C3H8/c1-2-7-4-3-5-9(7)6-8(10)11;1-3-2/h7H,2-6H2,1H3,(H,10,11);3H2,1-2H3. The molecule has 0 amide bonds. The number of aliphatic carboxylic acids is 1. The van der Waals surface area contributed by atoms with Gasteiger partial charge in [-0.15, -0.1) is 0 Å². The van der Waals surface area contributed by atoms with Crippen molar-refractivity contribution in [3.8, 4) is 0 Å². The Morgan fingerprint density at radius 3 is 2.43 bits per heavy atom. The number of carboxylic acid groups (broad SMARTS) is 1. The van der Waals surface area contributed by atoms with Gasteiger partial charge in [-0.05, 0) is 25.8 Å². The van der Waals surface area contributed by atoms with E-state index < -0.39 is 5.97 Å². The summed E-state index contributed by atoms with van der Waals surface area (Å²) in [6.07, 6.45) is 4.66. The summed E-state index contributed by atoms with van der Waals surface area (Å²) in [7, 11) is 0. The summed E-state index contributed by atoms with van der Waals surface area (Å²) in [4.78, 5) is 12.4. The van der Waals surface area contributed by atoms with Crippen molar-refractivity contribution in [1.29, 1.82) is 0 Å². The van der Waals surface area contributed by atoms with Gasteiger partial charge in [0.25, 0.3) is 0 Å². The lowest BCUT2D eigenvalue weighted by molar-refractivity contribution is -0.138. The molecule has 1 saturated heterocycles. The highest BCUT2D eigenvalue weighted by molar-refractivity contribution is 5.69. The molecule has 84 valence electrons. The Labute approximate surface area is 87.1 Å². The largest absolute Gasteiger partial charge is 0.480 e. The normalized spacial score (nSPS) is 21.5. The molecule has 1 aliphatic rings. The van der Waals surface area contributed by atoms with Crippen molar-refractivity contribution in [2.24, 2.45) is 0 Å². The zero-order valence-corrected chi connectivity index (χ0v) is 9.62. The molecule has 3 nitrogen and oxygen atoms in total. The minimum atomic E-state index is -0.703. The van der Waals surface area contributed by atoms with Crippen LogP contribution >= 0.6 is 0 Å². The summed E-state index contributed by atoms with van der Waals surface area (Å²) in [5, 5.41) is 8.55. The summed E-state index contributed by atoms with van der Waals surface area (Å²) >= 11 is 0. The van der Waals surface area contributed by atoms with Gasteiger partial charge in [-0.1, -0.05) is 27.2 Å². The number of carbonyl (C=O) groups is 1. The molecule has 0 aromatic heterocycles. The number of nitrogens with zero attached hydrogens (tertiary/aromatic N) is 1. The second-order valence-corrected chi connectivity index (χ2v) is 3.78. The third kappa shape index (κ3) is 5.22. The lowest BCUT2D eigenvalue weighted by Crippen LogP contribution is -2.33. The molecule has 0 aromatic carbocycles. The van der Waals surface area contributed by atoms with E-state index in [4.69, 9.17) is 5.11 Å². The average molecular weight is 201 g/mol. The van der Waals surface area contributed by atoms with Crippen molar-refractivity contribution in [2.45, 2.75) is 52.5 Å². The second kappa shape index (κ2) is 7.80. The van der Waals surface area contributed by atoms with Crippen LogP contribution < -0.4 is 0 Å². The molecule has 0 aromatic rings. The third-order valence-corrected chi connectivity index (χ3v) is 2.31. The Bertz CT molecular complexity index is 159. The fourth-order valence-corrected chi connectivity index (χ4v) is 1.74. The van der Waals surface area contributed by atoms with E-state index in [1.54, 1.807) is 0 Å². The number of hydrogen-bond acceptors (Lipinski definition) is 2. The lowest BCUT2D eigenvalue weighted by atomic mass is 10.2. The van der Waals surface area contributed by atoms with Crippen molar-refractivity contribution in [3.05, 3.63) is 0 Å². The first-order valence-electron chi connectivity index (χ1n) is 5.61. The van der Waals surface area contributed by atoms with Crippen LogP contribution in [0.3, 0.4) is 0 Å². The smallest absolute Gasteiger partial charge is 0.317 e. The van der Waals surface area contributed by atoms with Crippen LogP contribution in [-0.2, 0) is 4.79 Å². The molecule has 3 heteroatoms. The Morgan fingerprint density at radius 1 is 1.43 bits per heavy atom. The summed E-state index contributed by atoms with van der Waals surface area (Å²) in [5.74, 6) is -0.703. The molecule has 0 saturated carbocycles. The minimum Gasteiger partial charge on any atom is -0.480 e.